The molecule has 146 valence electrons. The highest BCUT2D eigenvalue weighted by Gasteiger charge is 2.22. The van der Waals surface area contributed by atoms with Crippen LogP contribution in [0.15, 0.2) is 60.9 Å². The zero-order valence-electron chi connectivity index (χ0n) is 16.7. The highest BCUT2D eigenvalue weighted by Crippen LogP contribution is 2.28. The van der Waals surface area contributed by atoms with Crippen molar-refractivity contribution in [3.63, 3.8) is 0 Å². The van der Waals surface area contributed by atoms with E-state index in [2.05, 4.69) is 16.0 Å². The Balaban J connectivity index is 1.84. The van der Waals surface area contributed by atoms with Crippen LogP contribution in [0.3, 0.4) is 0 Å². The van der Waals surface area contributed by atoms with Crippen molar-refractivity contribution in [1.82, 2.24) is 9.97 Å². The van der Waals surface area contributed by atoms with Gasteiger partial charge in [-0.15, -0.1) is 0 Å². The van der Waals surface area contributed by atoms with Crippen molar-refractivity contribution in [2.24, 2.45) is 0 Å². The second-order valence-electron chi connectivity index (χ2n) is 7.34. The number of aromatic nitrogens is 2. The van der Waals surface area contributed by atoms with Crippen molar-refractivity contribution in [2.45, 2.75) is 27.3 Å². The topological polar surface area (TPSA) is 49.0 Å². The first-order valence-electron chi connectivity index (χ1n) is 9.50. The molecule has 0 aliphatic heterocycles. The van der Waals surface area contributed by atoms with Gasteiger partial charge in [0.25, 0.3) is 5.91 Å². The molecule has 1 amide bonds. The zero-order valence-corrected chi connectivity index (χ0v) is 16.7. The van der Waals surface area contributed by atoms with Crippen LogP contribution in [0.1, 0.15) is 32.7 Å². The molecule has 0 aliphatic carbocycles. The average molecular weight is 387 g/mol. The number of hydrogen-bond donors (Lipinski definition) is 1. The number of carbonyl (C=O) groups is 1. The number of benzene rings is 2. The Morgan fingerprint density at radius 1 is 1.07 bits per heavy atom. The summed E-state index contributed by atoms with van der Waals surface area (Å²) in [6, 6.07) is 14.3. The number of pyridine rings is 1. The number of H-pyrrole nitrogens is 1. The highest BCUT2D eigenvalue weighted by atomic mass is 19.1. The minimum Gasteiger partial charge on any atom is -0.359 e. The van der Waals surface area contributed by atoms with Crippen LogP contribution < -0.4 is 4.90 Å². The van der Waals surface area contributed by atoms with Gasteiger partial charge in [0.1, 0.15) is 5.82 Å². The highest BCUT2D eigenvalue weighted by molar-refractivity contribution is 6.07. The molecular formula is C24H22FN3O. The fourth-order valence-corrected chi connectivity index (χ4v) is 3.71. The molecule has 4 aromatic rings. The molecule has 0 aliphatic rings. The monoisotopic (exact) mass is 387 g/mol. The molecule has 4 nitrogen and oxygen atoms in total. The molecule has 2 aromatic carbocycles. The maximum atomic E-state index is 13.7. The summed E-state index contributed by atoms with van der Waals surface area (Å²) < 4.78 is 13.7. The summed E-state index contributed by atoms with van der Waals surface area (Å²) >= 11 is 0. The number of fused-ring (bicyclic) bond motifs is 1. The van der Waals surface area contributed by atoms with E-state index in [0.29, 0.717) is 23.4 Å². The summed E-state index contributed by atoms with van der Waals surface area (Å²) in [5.74, 6) is -0.453. The predicted octanol–water partition coefficient (Wildman–Crippen LogP) is 5.47. The van der Waals surface area contributed by atoms with Crippen molar-refractivity contribution in [3.05, 3.63) is 94.7 Å². The van der Waals surface area contributed by atoms with Crippen LogP contribution in [0.2, 0.25) is 0 Å². The number of halogens is 1. The van der Waals surface area contributed by atoms with E-state index < -0.39 is 0 Å². The summed E-state index contributed by atoms with van der Waals surface area (Å²) in [7, 11) is 0. The van der Waals surface area contributed by atoms with Gasteiger partial charge in [-0.1, -0.05) is 12.1 Å². The minimum absolute atomic E-state index is 0.135. The van der Waals surface area contributed by atoms with E-state index >= 15 is 0 Å². The van der Waals surface area contributed by atoms with E-state index in [1.165, 1.54) is 12.1 Å². The standard InChI is InChI=1S/C24H22FN3O/c1-15-11-19(25)7-8-23(15)28(24(29)20-9-10-26-13-16(20)2)14-18-5-4-6-22-21(18)12-17(3)27-22/h4-13,27H,14H2,1-3H3. The van der Waals surface area contributed by atoms with Crippen LogP contribution in [0.25, 0.3) is 10.9 Å². The first-order chi connectivity index (χ1) is 13.9. The molecule has 29 heavy (non-hydrogen) atoms. The van der Waals surface area contributed by atoms with E-state index in [0.717, 1.165) is 27.7 Å². The molecule has 0 spiro atoms. The maximum absolute atomic E-state index is 13.7. The van der Waals surface area contributed by atoms with Gasteiger partial charge in [-0.05, 0) is 73.9 Å². The fraction of sp³-hybridized carbons (Fsp3) is 0.167. The Labute approximate surface area is 169 Å². The quantitative estimate of drug-likeness (QED) is 0.504. The van der Waals surface area contributed by atoms with Gasteiger partial charge in [-0.3, -0.25) is 9.78 Å². The lowest BCUT2D eigenvalue weighted by Crippen LogP contribution is -2.31. The first-order valence-corrected chi connectivity index (χ1v) is 9.50. The van der Waals surface area contributed by atoms with Gasteiger partial charge >= 0.3 is 0 Å². The van der Waals surface area contributed by atoms with Gasteiger partial charge in [0.2, 0.25) is 0 Å². The molecule has 2 aromatic heterocycles. The van der Waals surface area contributed by atoms with Gasteiger partial charge < -0.3 is 9.88 Å². The van der Waals surface area contributed by atoms with Crippen molar-refractivity contribution in [1.29, 1.82) is 0 Å². The molecular weight excluding hydrogens is 365 g/mol. The number of anilines is 1. The first kappa shape index (κ1) is 18.9. The molecule has 5 heteroatoms. The molecule has 0 saturated carbocycles. The zero-order chi connectivity index (χ0) is 20.5. The maximum Gasteiger partial charge on any atom is 0.258 e. The third kappa shape index (κ3) is 3.63. The van der Waals surface area contributed by atoms with Crippen molar-refractivity contribution >= 4 is 22.5 Å². The molecule has 1 N–H and O–H groups in total. The fourth-order valence-electron chi connectivity index (χ4n) is 3.71. The van der Waals surface area contributed by atoms with Crippen LogP contribution in [0.4, 0.5) is 10.1 Å². The second-order valence-corrected chi connectivity index (χ2v) is 7.34. The lowest BCUT2D eigenvalue weighted by Gasteiger charge is -2.26. The summed E-state index contributed by atoms with van der Waals surface area (Å²) in [5.41, 5.74) is 5.91. The Morgan fingerprint density at radius 3 is 2.66 bits per heavy atom. The summed E-state index contributed by atoms with van der Waals surface area (Å²) in [4.78, 5) is 22.7. The van der Waals surface area contributed by atoms with E-state index in [1.54, 1.807) is 29.4 Å². The molecule has 0 saturated heterocycles. The van der Waals surface area contributed by atoms with Crippen LogP contribution >= 0.6 is 0 Å². The lowest BCUT2D eigenvalue weighted by molar-refractivity contribution is 0.0984. The number of aryl methyl sites for hydroxylation is 3. The molecule has 0 bridgehead atoms. The van der Waals surface area contributed by atoms with Gasteiger partial charge in [-0.2, -0.15) is 0 Å². The van der Waals surface area contributed by atoms with Crippen molar-refractivity contribution in [2.75, 3.05) is 4.90 Å². The summed E-state index contributed by atoms with van der Waals surface area (Å²) in [6.45, 7) is 6.07. The van der Waals surface area contributed by atoms with Gasteiger partial charge in [0, 0.05) is 40.2 Å². The van der Waals surface area contributed by atoms with E-state index in [1.807, 2.05) is 39.0 Å². The Hall–Kier alpha value is -3.47. The third-order valence-corrected chi connectivity index (χ3v) is 5.16. The molecule has 4 rings (SSSR count). The van der Waals surface area contributed by atoms with E-state index in [9.17, 15) is 9.18 Å². The predicted molar refractivity (Wildman–Crippen MR) is 114 cm³/mol. The number of amides is 1. The minimum atomic E-state index is -0.317. The van der Waals surface area contributed by atoms with Gasteiger partial charge in [-0.25, -0.2) is 4.39 Å². The number of hydrogen-bond acceptors (Lipinski definition) is 2. The largest absolute Gasteiger partial charge is 0.359 e. The number of nitrogens with zero attached hydrogens (tertiary/aromatic N) is 2. The number of carbonyl (C=O) groups excluding carboxylic acids is 1. The number of aromatic amines is 1. The normalized spacial score (nSPS) is 11.0. The molecule has 0 atom stereocenters. The van der Waals surface area contributed by atoms with E-state index in [4.69, 9.17) is 0 Å². The van der Waals surface area contributed by atoms with Crippen molar-refractivity contribution < 1.29 is 9.18 Å². The van der Waals surface area contributed by atoms with Crippen LogP contribution in [0.5, 0.6) is 0 Å². The third-order valence-electron chi connectivity index (χ3n) is 5.16. The molecule has 2 heterocycles. The number of rotatable bonds is 4. The second kappa shape index (κ2) is 7.51. The SMILES string of the molecule is Cc1cc2c(CN(C(=O)c3ccncc3C)c3ccc(F)cc3C)cccc2[nH]1. The van der Waals surface area contributed by atoms with Crippen molar-refractivity contribution in [3.8, 4) is 0 Å². The van der Waals surface area contributed by atoms with Gasteiger partial charge in [0.15, 0.2) is 0 Å². The molecule has 0 radical (unpaired) electrons. The average Bonchev–Trinajstić information content (AvgIpc) is 3.07. The Morgan fingerprint density at radius 2 is 1.90 bits per heavy atom. The van der Waals surface area contributed by atoms with E-state index in [-0.39, 0.29) is 11.7 Å². The van der Waals surface area contributed by atoms with Crippen LogP contribution in [-0.2, 0) is 6.54 Å². The molecule has 0 fully saturated rings. The smallest absolute Gasteiger partial charge is 0.258 e. The van der Waals surface area contributed by atoms with Gasteiger partial charge in [0.05, 0.1) is 6.54 Å². The van der Waals surface area contributed by atoms with Crippen LogP contribution in [-0.4, -0.2) is 15.9 Å². The Bertz CT molecular complexity index is 1210. The summed E-state index contributed by atoms with van der Waals surface area (Å²) in [6.07, 6.45) is 3.30. The van der Waals surface area contributed by atoms with Crippen LogP contribution in [0, 0.1) is 26.6 Å². The lowest BCUT2D eigenvalue weighted by atomic mass is 10.1. The summed E-state index contributed by atoms with van der Waals surface area (Å²) in [5, 5.41) is 1.08. The number of nitrogens with one attached hydrogen (secondary N) is 1. The Kier molecular flexibility index (Phi) is 4.89. The molecule has 0 unspecified atom stereocenters.